The molecular formula is C13H15NO4. The van der Waals surface area contributed by atoms with E-state index in [1.807, 2.05) is 0 Å². The van der Waals surface area contributed by atoms with Gasteiger partial charge in [0.1, 0.15) is 12.6 Å². The first-order valence-corrected chi connectivity index (χ1v) is 5.40. The van der Waals surface area contributed by atoms with Crippen LogP contribution < -0.4 is 5.73 Å². The summed E-state index contributed by atoms with van der Waals surface area (Å²) in [7, 11) is 0. The van der Waals surface area contributed by atoms with Gasteiger partial charge in [0.05, 0.1) is 5.56 Å². The number of carbonyl (C=O) groups excluding carboxylic acids is 1. The van der Waals surface area contributed by atoms with E-state index in [-0.39, 0.29) is 13.0 Å². The number of nitrogens with two attached hydrogens (primary N) is 1. The van der Waals surface area contributed by atoms with Gasteiger partial charge < -0.3 is 15.6 Å². The molecule has 0 spiro atoms. The van der Waals surface area contributed by atoms with Crippen molar-refractivity contribution in [1.29, 1.82) is 0 Å². The lowest BCUT2D eigenvalue weighted by atomic mass is 10.0. The van der Waals surface area contributed by atoms with Crippen LogP contribution in [0.1, 0.15) is 15.9 Å². The molecule has 0 aliphatic carbocycles. The number of carboxylic acid groups (broad SMARTS) is 1. The second kappa shape index (κ2) is 6.56. The first kappa shape index (κ1) is 13.9. The highest BCUT2D eigenvalue weighted by atomic mass is 16.5. The molecule has 3 N–H and O–H groups in total. The quantitative estimate of drug-likeness (QED) is 0.579. The molecule has 0 fully saturated rings. The van der Waals surface area contributed by atoms with Crippen LogP contribution >= 0.6 is 0 Å². The van der Waals surface area contributed by atoms with Crippen LogP contribution in [0.5, 0.6) is 0 Å². The van der Waals surface area contributed by atoms with E-state index in [0.29, 0.717) is 11.1 Å². The van der Waals surface area contributed by atoms with Crippen molar-refractivity contribution in [1.82, 2.24) is 0 Å². The molecule has 0 aliphatic heterocycles. The summed E-state index contributed by atoms with van der Waals surface area (Å²) in [6.45, 7) is 3.58. The van der Waals surface area contributed by atoms with Crippen molar-refractivity contribution in [3.63, 3.8) is 0 Å². The van der Waals surface area contributed by atoms with Gasteiger partial charge in [-0.25, -0.2) is 4.79 Å². The second-order valence-electron chi connectivity index (χ2n) is 3.74. The summed E-state index contributed by atoms with van der Waals surface area (Å²) < 4.78 is 4.88. The standard InChI is InChI=1S/C13H15NO4/c1-2-6-18-13(17)10-5-3-4-9(7-10)8-11(14)12(15)16/h2-5,7,11H,1,6,8,14H2,(H,15,16)/t11-/m0/s1. The van der Waals surface area contributed by atoms with Crippen LogP contribution in [0, 0.1) is 0 Å². The summed E-state index contributed by atoms with van der Waals surface area (Å²) in [6, 6.07) is 5.57. The monoisotopic (exact) mass is 249 g/mol. The Morgan fingerprint density at radius 3 is 2.83 bits per heavy atom. The minimum absolute atomic E-state index is 0.137. The van der Waals surface area contributed by atoms with Gasteiger partial charge in [0.2, 0.25) is 0 Å². The molecule has 18 heavy (non-hydrogen) atoms. The summed E-state index contributed by atoms with van der Waals surface area (Å²) >= 11 is 0. The Morgan fingerprint density at radius 1 is 1.50 bits per heavy atom. The number of carbonyl (C=O) groups is 2. The van der Waals surface area contributed by atoms with Crippen LogP contribution in [0.3, 0.4) is 0 Å². The van der Waals surface area contributed by atoms with Gasteiger partial charge in [0.15, 0.2) is 0 Å². The maximum atomic E-state index is 11.6. The Labute approximate surface area is 105 Å². The maximum Gasteiger partial charge on any atom is 0.338 e. The number of esters is 1. The number of rotatable bonds is 6. The first-order valence-electron chi connectivity index (χ1n) is 5.40. The number of hydrogen-bond acceptors (Lipinski definition) is 4. The molecular weight excluding hydrogens is 234 g/mol. The average Bonchev–Trinajstić information content (AvgIpc) is 2.36. The molecule has 5 nitrogen and oxygen atoms in total. The first-order chi connectivity index (χ1) is 8.54. The highest BCUT2D eigenvalue weighted by Gasteiger charge is 2.13. The molecule has 1 aromatic rings. The second-order valence-corrected chi connectivity index (χ2v) is 3.74. The minimum Gasteiger partial charge on any atom is -0.480 e. The molecule has 96 valence electrons. The number of benzene rings is 1. The molecule has 0 radical (unpaired) electrons. The largest absolute Gasteiger partial charge is 0.480 e. The van der Waals surface area contributed by atoms with Gasteiger partial charge in [-0.15, -0.1) is 0 Å². The third-order valence-corrected chi connectivity index (χ3v) is 2.27. The molecule has 0 aliphatic rings. The zero-order valence-corrected chi connectivity index (χ0v) is 9.83. The summed E-state index contributed by atoms with van der Waals surface area (Å²) in [5, 5.41) is 8.71. The highest BCUT2D eigenvalue weighted by Crippen LogP contribution is 2.09. The molecule has 0 aromatic heterocycles. The van der Waals surface area contributed by atoms with Crippen LogP contribution in [0.25, 0.3) is 0 Å². The summed E-state index contributed by atoms with van der Waals surface area (Å²) in [4.78, 5) is 22.2. The van der Waals surface area contributed by atoms with E-state index < -0.39 is 18.0 Å². The van der Waals surface area contributed by atoms with E-state index in [1.54, 1.807) is 24.3 Å². The van der Waals surface area contributed by atoms with E-state index in [9.17, 15) is 9.59 Å². The predicted octanol–water partition coefficient (Wildman–Crippen LogP) is 0.984. The minimum atomic E-state index is -1.07. The Balaban J connectivity index is 2.75. The number of hydrogen-bond donors (Lipinski definition) is 2. The van der Waals surface area contributed by atoms with E-state index >= 15 is 0 Å². The highest BCUT2D eigenvalue weighted by molar-refractivity contribution is 5.89. The normalized spacial score (nSPS) is 11.6. The molecule has 1 rings (SSSR count). The zero-order valence-electron chi connectivity index (χ0n) is 9.83. The number of ether oxygens (including phenoxy) is 1. The van der Waals surface area contributed by atoms with E-state index in [1.165, 1.54) is 6.08 Å². The van der Waals surface area contributed by atoms with E-state index in [4.69, 9.17) is 15.6 Å². The van der Waals surface area contributed by atoms with Crippen LogP contribution in [-0.4, -0.2) is 29.7 Å². The molecule has 0 saturated carbocycles. The van der Waals surface area contributed by atoms with Crippen LogP contribution in [0.15, 0.2) is 36.9 Å². The van der Waals surface area contributed by atoms with Crippen molar-refractivity contribution < 1.29 is 19.4 Å². The fourth-order valence-electron chi connectivity index (χ4n) is 1.38. The third-order valence-electron chi connectivity index (χ3n) is 2.27. The van der Waals surface area contributed by atoms with Crippen molar-refractivity contribution in [3.05, 3.63) is 48.0 Å². The van der Waals surface area contributed by atoms with Gasteiger partial charge >= 0.3 is 11.9 Å². The molecule has 0 saturated heterocycles. The van der Waals surface area contributed by atoms with Gasteiger partial charge in [0.25, 0.3) is 0 Å². The zero-order chi connectivity index (χ0) is 13.5. The summed E-state index contributed by atoms with van der Waals surface area (Å²) in [5.74, 6) is -1.55. The Kier molecular flexibility index (Phi) is 5.07. The van der Waals surface area contributed by atoms with Crippen LogP contribution in [0.2, 0.25) is 0 Å². The van der Waals surface area contributed by atoms with Gasteiger partial charge in [-0.1, -0.05) is 24.8 Å². The lowest BCUT2D eigenvalue weighted by Gasteiger charge is -2.08. The van der Waals surface area contributed by atoms with Crippen molar-refractivity contribution in [2.24, 2.45) is 5.73 Å². The van der Waals surface area contributed by atoms with Crippen LogP contribution in [-0.2, 0) is 16.0 Å². The fraction of sp³-hybridized carbons (Fsp3) is 0.231. The molecule has 1 atom stereocenters. The van der Waals surface area contributed by atoms with Crippen LogP contribution in [0.4, 0.5) is 0 Å². The summed E-state index contributed by atoms with van der Waals surface area (Å²) in [6.07, 6.45) is 1.64. The van der Waals surface area contributed by atoms with E-state index in [2.05, 4.69) is 6.58 Å². The SMILES string of the molecule is C=CCOC(=O)c1cccc(C[C@H](N)C(=O)O)c1. The number of carboxylic acids is 1. The Morgan fingerprint density at radius 2 is 2.22 bits per heavy atom. The smallest absolute Gasteiger partial charge is 0.338 e. The lowest BCUT2D eigenvalue weighted by Crippen LogP contribution is -2.32. The molecule has 5 heteroatoms. The Hall–Kier alpha value is -2.14. The van der Waals surface area contributed by atoms with E-state index in [0.717, 1.165) is 0 Å². The predicted molar refractivity (Wildman–Crippen MR) is 66.2 cm³/mol. The topological polar surface area (TPSA) is 89.6 Å². The van der Waals surface area contributed by atoms with Gasteiger partial charge in [-0.3, -0.25) is 4.79 Å². The van der Waals surface area contributed by atoms with Crippen molar-refractivity contribution >= 4 is 11.9 Å². The summed E-state index contributed by atoms with van der Waals surface area (Å²) in [5.41, 5.74) is 6.47. The lowest BCUT2D eigenvalue weighted by molar-refractivity contribution is -0.138. The van der Waals surface area contributed by atoms with Crippen molar-refractivity contribution in [3.8, 4) is 0 Å². The number of aliphatic carboxylic acids is 1. The fourth-order valence-corrected chi connectivity index (χ4v) is 1.38. The third kappa shape index (κ3) is 4.03. The maximum absolute atomic E-state index is 11.6. The van der Waals surface area contributed by atoms with Gasteiger partial charge in [-0.05, 0) is 24.1 Å². The molecule has 0 amide bonds. The molecule has 1 aromatic carbocycles. The van der Waals surface area contributed by atoms with Gasteiger partial charge in [-0.2, -0.15) is 0 Å². The van der Waals surface area contributed by atoms with Crippen molar-refractivity contribution in [2.75, 3.05) is 6.61 Å². The van der Waals surface area contributed by atoms with Crippen molar-refractivity contribution in [2.45, 2.75) is 12.5 Å². The average molecular weight is 249 g/mol. The molecule has 0 bridgehead atoms. The Bertz CT molecular complexity index is 456. The molecule has 0 unspecified atom stereocenters. The van der Waals surface area contributed by atoms with Gasteiger partial charge in [0, 0.05) is 0 Å². The molecule has 0 heterocycles.